The summed E-state index contributed by atoms with van der Waals surface area (Å²) in [4.78, 5) is 11.1. The van der Waals surface area contributed by atoms with Gasteiger partial charge in [-0.2, -0.15) is 24.5 Å². The van der Waals surface area contributed by atoms with Gasteiger partial charge in [-0.3, -0.25) is 9.52 Å². The molecule has 0 aliphatic carbocycles. The van der Waals surface area contributed by atoms with E-state index in [1.807, 2.05) is 0 Å². The van der Waals surface area contributed by atoms with Crippen molar-refractivity contribution in [3.63, 3.8) is 0 Å². The number of aliphatic carboxylic acids is 1. The molecule has 1 fully saturated rings. The van der Waals surface area contributed by atoms with Gasteiger partial charge in [0.05, 0.1) is 0 Å². The summed E-state index contributed by atoms with van der Waals surface area (Å²) in [5.74, 6) is -0.254. The largest absolute Gasteiger partial charge is 0.480 e. The van der Waals surface area contributed by atoms with Crippen LogP contribution >= 0.6 is 11.8 Å². The molecule has 0 saturated carbocycles. The number of anilines is 1. The van der Waals surface area contributed by atoms with Gasteiger partial charge in [0.2, 0.25) is 0 Å². The summed E-state index contributed by atoms with van der Waals surface area (Å²) in [6.45, 7) is 0.198. The van der Waals surface area contributed by atoms with Gasteiger partial charge in [0, 0.05) is 23.7 Å². The second-order valence-electron chi connectivity index (χ2n) is 4.01. The second-order valence-corrected chi connectivity index (χ2v) is 6.79. The average molecular weight is 302 g/mol. The number of benzene rings is 1. The minimum absolute atomic E-state index is 0.198. The van der Waals surface area contributed by atoms with Gasteiger partial charge in [0.15, 0.2) is 0 Å². The first-order valence-corrected chi connectivity index (χ1v) is 8.25. The molecule has 2 N–H and O–H groups in total. The minimum atomic E-state index is -3.84. The smallest absolute Gasteiger partial charge is 0.322 e. The molecule has 19 heavy (non-hydrogen) atoms. The molecule has 0 radical (unpaired) electrons. The van der Waals surface area contributed by atoms with E-state index in [0.717, 1.165) is 4.31 Å². The topological polar surface area (TPSA) is 86.7 Å². The van der Waals surface area contributed by atoms with Gasteiger partial charge in [0.25, 0.3) is 0 Å². The van der Waals surface area contributed by atoms with Gasteiger partial charge in [-0.1, -0.05) is 18.2 Å². The summed E-state index contributed by atoms with van der Waals surface area (Å²) in [5, 5.41) is 9.09. The Bertz CT molecular complexity index is 547. The number of rotatable bonds is 4. The molecule has 8 heteroatoms. The van der Waals surface area contributed by atoms with Crippen LogP contribution in [0.4, 0.5) is 5.69 Å². The Morgan fingerprint density at radius 2 is 2.05 bits per heavy atom. The molecule has 0 aromatic heterocycles. The van der Waals surface area contributed by atoms with Crippen LogP contribution < -0.4 is 4.72 Å². The van der Waals surface area contributed by atoms with E-state index >= 15 is 0 Å². The van der Waals surface area contributed by atoms with Crippen LogP contribution in [0.2, 0.25) is 0 Å². The minimum Gasteiger partial charge on any atom is -0.480 e. The van der Waals surface area contributed by atoms with E-state index in [4.69, 9.17) is 5.11 Å². The lowest BCUT2D eigenvalue weighted by Gasteiger charge is -2.31. The van der Waals surface area contributed by atoms with Crippen molar-refractivity contribution in [1.82, 2.24) is 4.31 Å². The number of carboxylic acids is 1. The fraction of sp³-hybridized carbons (Fsp3) is 0.364. The summed E-state index contributed by atoms with van der Waals surface area (Å²) >= 11 is 1.44. The van der Waals surface area contributed by atoms with Crippen molar-refractivity contribution in [3.05, 3.63) is 30.3 Å². The van der Waals surface area contributed by atoms with Crippen molar-refractivity contribution in [1.29, 1.82) is 0 Å². The quantitative estimate of drug-likeness (QED) is 0.861. The van der Waals surface area contributed by atoms with Crippen molar-refractivity contribution in [2.45, 2.75) is 6.04 Å². The first-order chi connectivity index (χ1) is 9.00. The molecule has 1 heterocycles. The summed E-state index contributed by atoms with van der Waals surface area (Å²) in [6, 6.07) is 7.41. The molecule has 1 atom stereocenters. The van der Waals surface area contributed by atoms with Gasteiger partial charge < -0.3 is 5.11 Å². The van der Waals surface area contributed by atoms with Crippen molar-refractivity contribution >= 4 is 33.6 Å². The molecule has 104 valence electrons. The SMILES string of the molecule is O=C(O)C1CSCCN1S(=O)(=O)Nc1ccccc1. The Morgan fingerprint density at radius 3 is 2.68 bits per heavy atom. The van der Waals surface area contributed by atoms with Crippen molar-refractivity contribution in [2.24, 2.45) is 0 Å². The predicted octanol–water partition coefficient (Wildman–Crippen LogP) is 0.845. The molecule has 1 saturated heterocycles. The van der Waals surface area contributed by atoms with Crippen LogP contribution in [0.1, 0.15) is 0 Å². The Labute approximate surface area is 116 Å². The number of nitrogens with one attached hydrogen (secondary N) is 1. The van der Waals surface area contributed by atoms with Crippen molar-refractivity contribution in [3.8, 4) is 0 Å². The first kappa shape index (κ1) is 14.2. The monoisotopic (exact) mass is 302 g/mol. The van der Waals surface area contributed by atoms with Crippen LogP contribution in [0.5, 0.6) is 0 Å². The number of thioether (sulfide) groups is 1. The van der Waals surface area contributed by atoms with E-state index in [2.05, 4.69) is 4.72 Å². The number of carboxylic acid groups (broad SMARTS) is 1. The van der Waals surface area contributed by atoms with Crippen molar-refractivity contribution < 1.29 is 18.3 Å². The molecular formula is C11H14N2O4S2. The van der Waals surface area contributed by atoms with E-state index in [1.54, 1.807) is 30.3 Å². The maximum atomic E-state index is 12.2. The Balaban J connectivity index is 2.20. The van der Waals surface area contributed by atoms with Crippen LogP contribution in [0.15, 0.2) is 30.3 Å². The summed E-state index contributed by atoms with van der Waals surface area (Å²) < 4.78 is 27.8. The number of hydrogen-bond acceptors (Lipinski definition) is 4. The van der Waals surface area contributed by atoms with Gasteiger partial charge >= 0.3 is 16.2 Å². The molecular weight excluding hydrogens is 288 g/mol. The molecule has 1 unspecified atom stereocenters. The molecule has 1 aliphatic heterocycles. The number of hydrogen-bond donors (Lipinski definition) is 2. The highest BCUT2D eigenvalue weighted by molar-refractivity contribution is 7.99. The zero-order valence-electron chi connectivity index (χ0n) is 10.0. The van der Waals surface area contributed by atoms with Crippen LogP contribution in [0, 0.1) is 0 Å². The van der Waals surface area contributed by atoms with E-state index in [1.165, 1.54) is 11.8 Å². The number of para-hydroxylation sites is 1. The van der Waals surface area contributed by atoms with Crippen LogP contribution in [0.25, 0.3) is 0 Å². The summed E-state index contributed by atoms with van der Waals surface area (Å²) in [6.07, 6.45) is 0. The molecule has 2 rings (SSSR count). The normalized spacial score (nSPS) is 20.9. The maximum Gasteiger partial charge on any atom is 0.322 e. The van der Waals surface area contributed by atoms with Gasteiger partial charge in [-0.15, -0.1) is 0 Å². The van der Waals surface area contributed by atoms with Gasteiger partial charge in [-0.25, -0.2) is 0 Å². The molecule has 1 aliphatic rings. The van der Waals surface area contributed by atoms with E-state index < -0.39 is 22.2 Å². The summed E-state index contributed by atoms with van der Waals surface area (Å²) in [5.41, 5.74) is 0.421. The molecule has 0 amide bonds. The zero-order valence-corrected chi connectivity index (χ0v) is 11.7. The van der Waals surface area contributed by atoms with Crippen LogP contribution in [-0.2, 0) is 15.0 Å². The second kappa shape index (κ2) is 5.81. The number of nitrogens with zero attached hydrogens (tertiary/aromatic N) is 1. The van der Waals surface area contributed by atoms with Gasteiger partial charge in [-0.05, 0) is 12.1 Å². The third kappa shape index (κ3) is 3.40. The fourth-order valence-corrected chi connectivity index (χ4v) is 4.42. The number of carbonyl (C=O) groups is 1. The van der Waals surface area contributed by atoms with Crippen LogP contribution in [-0.4, -0.2) is 47.9 Å². The lowest BCUT2D eigenvalue weighted by atomic mass is 10.3. The fourth-order valence-electron chi connectivity index (χ4n) is 1.78. The average Bonchev–Trinajstić information content (AvgIpc) is 2.39. The van der Waals surface area contributed by atoms with E-state index in [9.17, 15) is 13.2 Å². The lowest BCUT2D eigenvalue weighted by Crippen LogP contribution is -2.52. The standard InChI is InChI=1S/C11H14N2O4S2/c14-11(15)10-8-18-7-6-13(10)19(16,17)12-9-4-2-1-3-5-9/h1-5,10,12H,6-8H2,(H,14,15). The maximum absolute atomic E-state index is 12.2. The highest BCUT2D eigenvalue weighted by Gasteiger charge is 2.37. The van der Waals surface area contributed by atoms with E-state index in [-0.39, 0.29) is 12.3 Å². The Kier molecular flexibility index (Phi) is 4.33. The highest BCUT2D eigenvalue weighted by atomic mass is 32.2. The van der Waals surface area contributed by atoms with E-state index in [0.29, 0.717) is 11.4 Å². The third-order valence-corrected chi connectivity index (χ3v) is 5.26. The highest BCUT2D eigenvalue weighted by Crippen LogP contribution is 2.21. The molecule has 6 nitrogen and oxygen atoms in total. The third-order valence-electron chi connectivity index (χ3n) is 2.69. The molecule has 1 aromatic rings. The molecule has 0 bridgehead atoms. The molecule has 0 spiro atoms. The van der Waals surface area contributed by atoms with Gasteiger partial charge in [0.1, 0.15) is 6.04 Å². The predicted molar refractivity (Wildman–Crippen MR) is 74.4 cm³/mol. The first-order valence-electron chi connectivity index (χ1n) is 5.66. The lowest BCUT2D eigenvalue weighted by molar-refractivity contribution is -0.140. The van der Waals surface area contributed by atoms with Crippen molar-refractivity contribution in [2.75, 3.05) is 22.8 Å². The summed E-state index contributed by atoms with van der Waals surface area (Å²) in [7, 11) is -3.84. The van der Waals surface area contributed by atoms with Crippen LogP contribution in [0.3, 0.4) is 0 Å². The Hall–Kier alpha value is -1.25. The zero-order chi connectivity index (χ0) is 13.9. The Morgan fingerprint density at radius 1 is 1.37 bits per heavy atom. The molecule has 1 aromatic carbocycles.